The van der Waals surface area contributed by atoms with Crippen LogP contribution in [0.4, 0.5) is 5.69 Å². The molecule has 1 amide bonds. The summed E-state index contributed by atoms with van der Waals surface area (Å²) in [5.41, 5.74) is 2.09. The van der Waals surface area contributed by atoms with Gasteiger partial charge in [0.2, 0.25) is 5.88 Å². The monoisotopic (exact) mass is 490 g/mol. The fourth-order valence-electron chi connectivity index (χ4n) is 6.56. The molecule has 1 aromatic heterocycles. The Hall–Kier alpha value is -3.39. The number of aromatic hydroxyl groups is 1. The Labute approximate surface area is 211 Å². The van der Waals surface area contributed by atoms with E-state index in [4.69, 9.17) is 9.47 Å². The van der Waals surface area contributed by atoms with Gasteiger partial charge in [0.05, 0.1) is 26.4 Å². The predicted octanol–water partition coefficient (Wildman–Crippen LogP) is 6.15. The first-order chi connectivity index (χ1) is 17.1. The molecule has 8 heteroatoms. The normalized spacial score (nSPS) is 23.4. The number of methoxy groups -OCH3 is 2. The maximum absolute atomic E-state index is 12.8. The lowest BCUT2D eigenvalue weighted by Crippen LogP contribution is -2.35. The van der Waals surface area contributed by atoms with Gasteiger partial charge < -0.3 is 14.6 Å². The number of fused-ring (bicyclic) bond motifs is 3. The second kappa shape index (κ2) is 8.92. The first-order valence-corrected chi connectivity index (χ1v) is 12.4. The van der Waals surface area contributed by atoms with Crippen LogP contribution in [0.3, 0.4) is 0 Å². The molecule has 36 heavy (non-hydrogen) atoms. The van der Waals surface area contributed by atoms with Crippen LogP contribution >= 0.6 is 0 Å². The van der Waals surface area contributed by atoms with Gasteiger partial charge in [-0.2, -0.15) is 0 Å². The highest BCUT2D eigenvalue weighted by atomic mass is 16.5. The summed E-state index contributed by atoms with van der Waals surface area (Å²) in [6, 6.07) is 13.0. The lowest BCUT2D eigenvalue weighted by atomic mass is 9.65. The minimum atomic E-state index is -0.532. The smallest absolute Gasteiger partial charge is 0.295 e. The number of likely N-dealkylation sites (tertiary alicyclic amines) is 1. The number of amides is 1. The quantitative estimate of drug-likeness (QED) is 0.419. The average Bonchev–Trinajstić information content (AvgIpc) is 3.24. The average molecular weight is 491 g/mol. The van der Waals surface area contributed by atoms with E-state index in [1.54, 1.807) is 18.2 Å². The lowest BCUT2D eigenvalue weighted by Gasteiger charge is -2.40. The van der Waals surface area contributed by atoms with Crippen LogP contribution in [-0.2, 0) is 6.67 Å². The number of ether oxygens (including phenoxy) is 2. The molecular formula is C28H34N4O4. The molecule has 8 nitrogen and oxygen atoms in total. The van der Waals surface area contributed by atoms with Gasteiger partial charge in [-0.05, 0) is 54.4 Å². The Bertz CT molecular complexity index is 1340. The van der Waals surface area contributed by atoms with Crippen LogP contribution in [0.5, 0.6) is 17.4 Å². The molecule has 1 N–H and O–H groups in total. The van der Waals surface area contributed by atoms with Crippen molar-refractivity contribution in [3.05, 3.63) is 48.0 Å². The fourth-order valence-corrected chi connectivity index (χ4v) is 6.56. The number of rotatable bonds is 6. The summed E-state index contributed by atoms with van der Waals surface area (Å²) in [5, 5.41) is 20.2. The fraction of sp³-hybridized carbons (Fsp3) is 0.464. The van der Waals surface area contributed by atoms with Gasteiger partial charge in [-0.15, -0.1) is 10.2 Å². The van der Waals surface area contributed by atoms with Crippen molar-refractivity contribution in [3.63, 3.8) is 0 Å². The van der Waals surface area contributed by atoms with Crippen molar-refractivity contribution in [2.24, 2.45) is 21.1 Å². The second-order valence-electron chi connectivity index (χ2n) is 11.3. The second-order valence-corrected chi connectivity index (χ2v) is 11.3. The molecule has 2 aromatic carbocycles. The molecule has 2 heterocycles. The Balaban J connectivity index is 1.45. The molecule has 1 saturated heterocycles. The van der Waals surface area contributed by atoms with Crippen molar-refractivity contribution >= 4 is 22.5 Å². The molecule has 0 spiro atoms. The van der Waals surface area contributed by atoms with Crippen molar-refractivity contribution in [2.75, 3.05) is 20.8 Å². The Morgan fingerprint density at radius 3 is 2.58 bits per heavy atom. The minimum Gasteiger partial charge on any atom is -0.493 e. The summed E-state index contributed by atoms with van der Waals surface area (Å²) in [6.45, 7) is 8.67. The Morgan fingerprint density at radius 2 is 1.83 bits per heavy atom. The molecule has 2 fully saturated rings. The molecule has 2 bridgehead atoms. The zero-order chi connectivity index (χ0) is 25.7. The van der Waals surface area contributed by atoms with E-state index in [1.807, 2.05) is 28.8 Å². The number of carbonyl (C=O) groups excluding carboxylic acids is 1. The highest BCUT2D eigenvalue weighted by Crippen LogP contribution is 2.53. The summed E-state index contributed by atoms with van der Waals surface area (Å²) in [4.78, 5) is 15.3. The van der Waals surface area contributed by atoms with Gasteiger partial charge in [-0.3, -0.25) is 14.3 Å². The summed E-state index contributed by atoms with van der Waals surface area (Å²) >= 11 is 0. The van der Waals surface area contributed by atoms with Crippen LogP contribution in [0, 0.1) is 10.8 Å². The van der Waals surface area contributed by atoms with E-state index in [1.165, 1.54) is 27.1 Å². The lowest BCUT2D eigenvalue weighted by molar-refractivity contribution is 0.0994. The number of para-hydroxylation sites is 1. The van der Waals surface area contributed by atoms with Crippen molar-refractivity contribution < 1.29 is 19.4 Å². The number of nitrogens with zero attached hydrogens (tertiary/aromatic N) is 4. The van der Waals surface area contributed by atoms with Gasteiger partial charge in [0.15, 0.2) is 17.2 Å². The van der Waals surface area contributed by atoms with E-state index in [-0.39, 0.29) is 5.88 Å². The minimum absolute atomic E-state index is 0.0194. The number of hydrogen-bond acceptors (Lipinski definition) is 6. The summed E-state index contributed by atoms with van der Waals surface area (Å²) in [7, 11) is 3.05. The SMILES string of the molecule is COc1ccc(C(=O)N=Nc2c(O)n(CN3CC4(C)CC3CC(C)(C)C4)c3ccccc23)cc1OC. The van der Waals surface area contributed by atoms with Gasteiger partial charge in [0, 0.05) is 23.5 Å². The molecule has 190 valence electrons. The van der Waals surface area contributed by atoms with E-state index >= 15 is 0 Å². The largest absolute Gasteiger partial charge is 0.493 e. The zero-order valence-electron chi connectivity index (χ0n) is 21.6. The van der Waals surface area contributed by atoms with Gasteiger partial charge in [0.25, 0.3) is 5.91 Å². The molecule has 0 radical (unpaired) electrons. The molecule has 2 unspecified atom stereocenters. The molecule has 1 saturated carbocycles. The number of aromatic nitrogens is 1. The van der Waals surface area contributed by atoms with Gasteiger partial charge in [-0.25, -0.2) is 0 Å². The highest BCUT2D eigenvalue weighted by molar-refractivity contribution is 5.97. The van der Waals surface area contributed by atoms with Crippen LogP contribution in [0.1, 0.15) is 50.4 Å². The Kier molecular flexibility index (Phi) is 6.03. The maximum Gasteiger partial charge on any atom is 0.295 e. The van der Waals surface area contributed by atoms with Crippen molar-refractivity contribution in [3.8, 4) is 17.4 Å². The third-order valence-corrected chi connectivity index (χ3v) is 7.63. The summed E-state index contributed by atoms with van der Waals surface area (Å²) in [5.74, 6) is 0.447. The highest BCUT2D eigenvalue weighted by Gasteiger charge is 2.49. The van der Waals surface area contributed by atoms with Crippen molar-refractivity contribution in [1.29, 1.82) is 0 Å². The molecule has 2 atom stereocenters. The Morgan fingerprint density at radius 1 is 1.08 bits per heavy atom. The van der Waals surface area contributed by atoms with Gasteiger partial charge in [-0.1, -0.05) is 39.0 Å². The number of hydrogen-bond donors (Lipinski definition) is 1. The molecule has 1 aliphatic heterocycles. The molecule has 5 rings (SSSR count). The third kappa shape index (κ3) is 4.34. The molecule has 2 aliphatic rings. The van der Waals surface area contributed by atoms with E-state index in [9.17, 15) is 9.90 Å². The van der Waals surface area contributed by atoms with E-state index < -0.39 is 5.91 Å². The maximum atomic E-state index is 12.8. The van der Waals surface area contributed by atoms with E-state index in [0.717, 1.165) is 23.9 Å². The number of carbonyl (C=O) groups is 1. The van der Waals surface area contributed by atoms with Crippen LogP contribution in [0.15, 0.2) is 52.7 Å². The van der Waals surface area contributed by atoms with Gasteiger partial charge >= 0.3 is 0 Å². The predicted molar refractivity (Wildman–Crippen MR) is 138 cm³/mol. The first-order valence-electron chi connectivity index (χ1n) is 12.4. The van der Waals surface area contributed by atoms with E-state index in [2.05, 4.69) is 35.9 Å². The molecule has 1 aliphatic carbocycles. The first kappa shape index (κ1) is 24.3. The standard InChI is InChI=1S/C28H34N4O4/c1-27(2)13-19-14-28(3,15-27)16-31(19)17-32-21-9-7-6-8-20(21)24(26(32)34)29-30-25(33)18-10-11-22(35-4)23(12-18)36-5/h6-12,19,34H,13-17H2,1-5H3. The zero-order valence-corrected chi connectivity index (χ0v) is 21.6. The van der Waals surface area contributed by atoms with Crippen molar-refractivity contribution in [1.82, 2.24) is 9.47 Å². The third-order valence-electron chi connectivity index (χ3n) is 7.63. The van der Waals surface area contributed by atoms with Crippen LogP contribution < -0.4 is 9.47 Å². The van der Waals surface area contributed by atoms with Crippen LogP contribution in [0.25, 0.3) is 10.9 Å². The summed E-state index contributed by atoms with van der Waals surface area (Å²) in [6.07, 6.45) is 3.54. The van der Waals surface area contributed by atoms with Crippen molar-refractivity contribution in [2.45, 2.75) is 52.7 Å². The van der Waals surface area contributed by atoms with Crippen LogP contribution in [-0.4, -0.2) is 47.3 Å². The topological polar surface area (TPSA) is 88.7 Å². The van der Waals surface area contributed by atoms with E-state index in [0.29, 0.717) is 46.3 Å². The number of benzene rings is 2. The van der Waals surface area contributed by atoms with Crippen LogP contribution in [0.2, 0.25) is 0 Å². The molecular weight excluding hydrogens is 456 g/mol. The van der Waals surface area contributed by atoms with Gasteiger partial charge in [0.1, 0.15) is 0 Å². The summed E-state index contributed by atoms with van der Waals surface area (Å²) < 4.78 is 12.4. The number of azo groups is 1. The molecule has 3 aromatic rings.